The van der Waals surface area contributed by atoms with Crippen LogP contribution in [0.3, 0.4) is 0 Å². The molecule has 0 saturated heterocycles. The Morgan fingerprint density at radius 2 is 2.46 bits per heavy atom. The number of rotatable bonds is 2. The van der Waals surface area contributed by atoms with Gasteiger partial charge in [-0.15, -0.1) is 10.5 Å². The van der Waals surface area contributed by atoms with Crippen LogP contribution < -0.4 is 5.43 Å². The number of hydrogen-bond donors (Lipinski definition) is 1. The zero-order valence-corrected chi connectivity index (χ0v) is 6.13. The molecule has 0 fully saturated rings. The van der Waals surface area contributed by atoms with Gasteiger partial charge in [0, 0.05) is 0 Å². The second kappa shape index (κ2) is 2.70. The van der Waals surface area contributed by atoms with E-state index < -0.39 is 5.97 Å². The van der Waals surface area contributed by atoms with Crippen molar-refractivity contribution in [1.29, 1.82) is 0 Å². The summed E-state index contributed by atoms with van der Waals surface area (Å²) >= 11 is 0. The first-order valence-corrected chi connectivity index (χ1v) is 3.20. The second-order valence-corrected chi connectivity index (χ2v) is 2.09. The van der Waals surface area contributed by atoms with Crippen molar-refractivity contribution in [1.82, 2.24) is 10.4 Å². The van der Waals surface area contributed by atoms with Crippen molar-refractivity contribution in [3.05, 3.63) is 24.0 Å². The minimum Gasteiger partial charge on any atom is -0.476 e. The molecule has 2 radical (unpaired) electrons. The van der Waals surface area contributed by atoms with Gasteiger partial charge in [0.15, 0.2) is 23.5 Å². The molecule has 1 aromatic heterocycles. The minimum atomic E-state index is -1.19. The number of nitrogens with zero attached hydrogens (tertiary/aromatic N) is 4. The van der Waals surface area contributed by atoms with E-state index in [1.54, 1.807) is 0 Å². The molecule has 0 spiro atoms. The van der Waals surface area contributed by atoms with E-state index in [0.717, 1.165) is 6.39 Å². The van der Waals surface area contributed by atoms with Crippen molar-refractivity contribution < 1.29 is 14.3 Å². The summed E-state index contributed by atoms with van der Waals surface area (Å²) in [5, 5.41) is 15.4. The minimum absolute atomic E-state index is 0.0116. The number of aromatic nitrogens is 1. The van der Waals surface area contributed by atoms with Crippen LogP contribution in [0, 0.1) is 6.20 Å². The lowest BCUT2D eigenvalue weighted by Crippen LogP contribution is -1.99. The summed E-state index contributed by atoms with van der Waals surface area (Å²) in [6, 6.07) is 0. The molecule has 64 valence electrons. The summed E-state index contributed by atoms with van der Waals surface area (Å²) in [5.41, 5.74) is 3.22. The Labute approximate surface area is 71.8 Å². The van der Waals surface area contributed by atoms with E-state index in [2.05, 4.69) is 26.9 Å². The van der Waals surface area contributed by atoms with E-state index in [-0.39, 0.29) is 17.2 Å². The Kier molecular flexibility index (Phi) is 1.55. The molecule has 2 rings (SSSR count). The molecular formula is C6H2N4O3. The van der Waals surface area contributed by atoms with Gasteiger partial charge in [0.2, 0.25) is 0 Å². The van der Waals surface area contributed by atoms with E-state index in [1.807, 2.05) is 0 Å². The molecule has 1 aliphatic rings. The van der Waals surface area contributed by atoms with E-state index in [4.69, 9.17) is 9.52 Å². The summed E-state index contributed by atoms with van der Waals surface area (Å²) in [7, 11) is 0. The van der Waals surface area contributed by atoms with Crippen LogP contribution in [0.2, 0.25) is 0 Å². The molecule has 7 nitrogen and oxygen atoms in total. The van der Waals surface area contributed by atoms with Gasteiger partial charge in [0.05, 0.1) is 0 Å². The van der Waals surface area contributed by atoms with Crippen LogP contribution in [0.4, 0.5) is 0 Å². The largest absolute Gasteiger partial charge is 0.476 e. The van der Waals surface area contributed by atoms with Crippen LogP contribution in [0.25, 0.3) is 5.70 Å². The molecule has 0 atom stereocenters. The summed E-state index contributed by atoms with van der Waals surface area (Å²) in [6.45, 7) is 0. The highest BCUT2D eigenvalue weighted by Crippen LogP contribution is 2.21. The van der Waals surface area contributed by atoms with Gasteiger partial charge >= 0.3 is 5.97 Å². The molecular weight excluding hydrogens is 176 g/mol. The van der Waals surface area contributed by atoms with Crippen molar-refractivity contribution in [3.63, 3.8) is 0 Å². The number of aromatic carboxylic acids is 1. The predicted molar refractivity (Wildman–Crippen MR) is 37.1 cm³/mol. The fourth-order valence-corrected chi connectivity index (χ4v) is 0.822. The van der Waals surface area contributed by atoms with E-state index in [1.165, 1.54) is 0 Å². The van der Waals surface area contributed by atoms with E-state index in [0.29, 0.717) is 0 Å². The van der Waals surface area contributed by atoms with Gasteiger partial charge in [0.25, 0.3) is 0 Å². The van der Waals surface area contributed by atoms with Crippen molar-refractivity contribution in [2.75, 3.05) is 0 Å². The van der Waals surface area contributed by atoms with Crippen LogP contribution >= 0.6 is 0 Å². The highest BCUT2D eigenvalue weighted by molar-refractivity contribution is 5.90. The zero-order chi connectivity index (χ0) is 9.26. The molecule has 0 amide bonds. The first kappa shape index (κ1) is 7.47. The highest BCUT2D eigenvalue weighted by Gasteiger charge is 2.21. The van der Waals surface area contributed by atoms with Crippen LogP contribution in [-0.4, -0.2) is 16.1 Å². The lowest BCUT2D eigenvalue weighted by Gasteiger charge is -1.90. The molecule has 1 aliphatic heterocycles. The Morgan fingerprint density at radius 3 is 3.08 bits per heavy atom. The maximum atomic E-state index is 10.6. The Hall–Kier alpha value is -2.18. The fraction of sp³-hybridized carbons (Fsp3) is 0. The normalized spacial score (nSPS) is 14.0. The van der Waals surface area contributed by atoms with E-state index >= 15 is 0 Å². The average Bonchev–Trinajstić information content (AvgIpc) is 2.74. The lowest BCUT2D eigenvalue weighted by molar-refractivity contribution is 0.0690. The third-order valence-corrected chi connectivity index (χ3v) is 1.33. The van der Waals surface area contributed by atoms with Gasteiger partial charge in [-0.25, -0.2) is 9.78 Å². The lowest BCUT2D eigenvalue weighted by atomic mass is 10.3. The summed E-state index contributed by atoms with van der Waals surface area (Å²) in [6.07, 6.45) is 3.38. The second-order valence-electron chi connectivity index (χ2n) is 2.09. The Morgan fingerprint density at radius 1 is 1.62 bits per heavy atom. The fourth-order valence-electron chi connectivity index (χ4n) is 0.822. The van der Waals surface area contributed by atoms with Gasteiger partial charge in [-0.3, -0.25) is 0 Å². The number of hydrogen-bond acceptors (Lipinski definition) is 5. The monoisotopic (exact) mass is 178 g/mol. The molecule has 7 heteroatoms. The molecule has 13 heavy (non-hydrogen) atoms. The molecule has 0 saturated carbocycles. The average molecular weight is 178 g/mol. The van der Waals surface area contributed by atoms with Crippen molar-refractivity contribution in [2.24, 2.45) is 10.3 Å². The predicted octanol–water partition coefficient (Wildman–Crippen LogP) is 0.460. The number of oxazole rings is 1. The number of carbonyl (C=O) groups is 1. The summed E-state index contributed by atoms with van der Waals surface area (Å²) in [4.78, 5) is 14.1. The standard InChI is InChI=1S/C6H2N4O3/c11-6(12)4-5(13-2-7-4)3-1-8-10-9-3/h2H,(H,11,12). The topological polar surface area (TPSA) is 102 Å². The highest BCUT2D eigenvalue weighted by atomic mass is 16.4. The van der Waals surface area contributed by atoms with Crippen molar-refractivity contribution >= 4 is 11.7 Å². The van der Waals surface area contributed by atoms with Crippen molar-refractivity contribution in [3.8, 4) is 0 Å². The zero-order valence-electron chi connectivity index (χ0n) is 6.13. The first-order chi connectivity index (χ1) is 6.29. The molecule has 1 aromatic rings. The van der Waals surface area contributed by atoms with Crippen molar-refractivity contribution in [2.45, 2.75) is 0 Å². The molecule has 0 aliphatic carbocycles. The molecule has 0 aromatic carbocycles. The summed E-state index contributed by atoms with van der Waals surface area (Å²) in [5.74, 6) is -1.18. The molecule has 0 bridgehead atoms. The van der Waals surface area contributed by atoms with Crippen LogP contribution in [-0.2, 0) is 0 Å². The van der Waals surface area contributed by atoms with Crippen LogP contribution in [0.5, 0.6) is 0 Å². The number of carboxylic acid groups (broad SMARTS) is 1. The first-order valence-electron chi connectivity index (χ1n) is 3.20. The maximum Gasteiger partial charge on any atom is 0.358 e. The smallest absolute Gasteiger partial charge is 0.358 e. The molecule has 1 N–H and O–H groups in total. The van der Waals surface area contributed by atoms with Gasteiger partial charge in [0.1, 0.15) is 6.20 Å². The quantitative estimate of drug-likeness (QED) is 0.710. The van der Waals surface area contributed by atoms with Gasteiger partial charge in [-0.1, -0.05) is 0 Å². The molecule has 0 unspecified atom stereocenters. The number of carboxylic acids is 1. The molecule has 2 heterocycles. The maximum absolute atomic E-state index is 10.6. The van der Waals surface area contributed by atoms with Crippen LogP contribution in [0.1, 0.15) is 16.2 Å². The van der Waals surface area contributed by atoms with Gasteiger partial charge < -0.3 is 9.52 Å². The summed E-state index contributed by atoms with van der Waals surface area (Å²) < 4.78 is 4.80. The Balaban J connectivity index is 2.45. The van der Waals surface area contributed by atoms with Gasteiger partial charge in [-0.2, -0.15) is 0 Å². The van der Waals surface area contributed by atoms with E-state index in [9.17, 15) is 4.79 Å². The Bertz CT molecular complexity index is 406. The van der Waals surface area contributed by atoms with Crippen LogP contribution in [0.15, 0.2) is 21.1 Å². The third-order valence-electron chi connectivity index (χ3n) is 1.33. The third kappa shape index (κ3) is 1.15. The van der Waals surface area contributed by atoms with Gasteiger partial charge in [-0.05, 0) is 5.22 Å². The SMILES string of the molecule is O=C(O)c1ncoc1C1=[C][N]N=N1.